The van der Waals surface area contributed by atoms with Crippen molar-refractivity contribution in [2.24, 2.45) is 5.92 Å². The lowest BCUT2D eigenvalue weighted by molar-refractivity contribution is -0.152. The molecular weight excluding hydrogens is 422 g/mol. The highest BCUT2D eigenvalue weighted by Gasteiger charge is 2.29. The second-order valence-corrected chi connectivity index (χ2v) is 9.94. The van der Waals surface area contributed by atoms with E-state index < -0.39 is 0 Å². The lowest BCUT2D eigenvalue weighted by Gasteiger charge is -2.33. The predicted octanol–water partition coefficient (Wildman–Crippen LogP) is 7.79. The highest BCUT2D eigenvalue weighted by atomic mass is 16.6. The SMILES string of the molecule is CCCCCCCCCC(=O)OC(CC(Oc1ccc2ccccc2c1)C1CCCCC1)NC. The van der Waals surface area contributed by atoms with Gasteiger partial charge in [-0.1, -0.05) is 95.0 Å². The predicted molar refractivity (Wildman–Crippen MR) is 141 cm³/mol. The number of hydrogen-bond acceptors (Lipinski definition) is 4. The minimum Gasteiger partial charge on any atom is -0.490 e. The molecule has 2 unspecified atom stereocenters. The van der Waals surface area contributed by atoms with Crippen LogP contribution in [0.25, 0.3) is 10.8 Å². The molecule has 2 atom stereocenters. The van der Waals surface area contributed by atoms with Crippen LogP contribution in [0, 0.1) is 5.92 Å². The van der Waals surface area contributed by atoms with Crippen LogP contribution in [0.15, 0.2) is 42.5 Å². The molecule has 4 nitrogen and oxygen atoms in total. The van der Waals surface area contributed by atoms with Gasteiger partial charge in [-0.05, 0) is 55.1 Å². The first kappa shape index (κ1) is 26.5. The fourth-order valence-electron chi connectivity index (χ4n) is 5.14. The molecule has 0 spiro atoms. The number of hydrogen-bond donors (Lipinski definition) is 1. The van der Waals surface area contributed by atoms with Crippen LogP contribution in [-0.2, 0) is 9.53 Å². The van der Waals surface area contributed by atoms with Crippen LogP contribution in [0.3, 0.4) is 0 Å². The molecule has 34 heavy (non-hydrogen) atoms. The van der Waals surface area contributed by atoms with Crippen molar-refractivity contribution in [3.8, 4) is 5.75 Å². The lowest BCUT2D eigenvalue weighted by Crippen LogP contribution is -2.39. The molecule has 1 aliphatic carbocycles. The van der Waals surface area contributed by atoms with Gasteiger partial charge in [-0.2, -0.15) is 0 Å². The third-order valence-corrected chi connectivity index (χ3v) is 7.21. The second kappa shape index (κ2) is 15.0. The summed E-state index contributed by atoms with van der Waals surface area (Å²) in [6, 6.07) is 14.7. The number of benzene rings is 2. The van der Waals surface area contributed by atoms with E-state index in [1.165, 1.54) is 75.0 Å². The zero-order valence-corrected chi connectivity index (χ0v) is 21.4. The van der Waals surface area contributed by atoms with E-state index in [9.17, 15) is 4.79 Å². The maximum Gasteiger partial charge on any atom is 0.307 e. The number of esters is 1. The summed E-state index contributed by atoms with van der Waals surface area (Å²) in [6.45, 7) is 2.24. The Morgan fingerprint density at radius 3 is 2.38 bits per heavy atom. The molecule has 0 bridgehead atoms. The fourth-order valence-corrected chi connectivity index (χ4v) is 5.14. The minimum absolute atomic E-state index is 0.0327. The van der Waals surface area contributed by atoms with E-state index in [1.54, 1.807) is 0 Å². The Morgan fingerprint density at radius 2 is 1.65 bits per heavy atom. The molecule has 0 aromatic heterocycles. The summed E-state index contributed by atoms with van der Waals surface area (Å²) >= 11 is 0. The Hall–Kier alpha value is -2.07. The number of nitrogens with one attached hydrogen (secondary N) is 1. The van der Waals surface area contributed by atoms with Gasteiger partial charge in [0.25, 0.3) is 0 Å². The van der Waals surface area contributed by atoms with Crippen LogP contribution in [0.5, 0.6) is 5.75 Å². The van der Waals surface area contributed by atoms with Crippen molar-refractivity contribution in [3.63, 3.8) is 0 Å². The topological polar surface area (TPSA) is 47.6 Å². The summed E-state index contributed by atoms with van der Waals surface area (Å²) in [5.41, 5.74) is 0. The Morgan fingerprint density at radius 1 is 0.941 bits per heavy atom. The molecule has 1 fully saturated rings. The van der Waals surface area contributed by atoms with E-state index >= 15 is 0 Å². The van der Waals surface area contributed by atoms with Gasteiger partial charge in [0.1, 0.15) is 11.9 Å². The number of carbonyl (C=O) groups excluding carboxylic acids is 1. The van der Waals surface area contributed by atoms with Crippen molar-refractivity contribution in [2.45, 2.75) is 109 Å². The van der Waals surface area contributed by atoms with Gasteiger partial charge in [0.15, 0.2) is 6.23 Å². The van der Waals surface area contributed by atoms with E-state index in [-0.39, 0.29) is 18.3 Å². The fraction of sp³-hybridized carbons (Fsp3) is 0.633. The van der Waals surface area contributed by atoms with Crippen LogP contribution in [0.1, 0.15) is 96.8 Å². The highest BCUT2D eigenvalue weighted by molar-refractivity contribution is 5.83. The van der Waals surface area contributed by atoms with Crippen LogP contribution >= 0.6 is 0 Å². The zero-order chi connectivity index (χ0) is 24.0. The molecule has 0 saturated heterocycles. The highest BCUT2D eigenvalue weighted by Crippen LogP contribution is 2.32. The summed E-state index contributed by atoms with van der Waals surface area (Å²) in [7, 11) is 1.87. The van der Waals surface area contributed by atoms with Gasteiger partial charge in [-0.25, -0.2) is 0 Å². The maximum atomic E-state index is 12.5. The van der Waals surface area contributed by atoms with Gasteiger partial charge in [-0.15, -0.1) is 0 Å². The average Bonchev–Trinajstić information content (AvgIpc) is 2.87. The molecule has 1 N–H and O–H groups in total. The largest absolute Gasteiger partial charge is 0.490 e. The van der Waals surface area contributed by atoms with E-state index in [2.05, 4.69) is 54.7 Å². The molecule has 188 valence electrons. The smallest absolute Gasteiger partial charge is 0.307 e. The first-order valence-corrected chi connectivity index (χ1v) is 13.7. The zero-order valence-electron chi connectivity index (χ0n) is 21.4. The molecule has 4 heteroatoms. The normalized spacial score (nSPS) is 16.3. The van der Waals surface area contributed by atoms with Gasteiger partial charge in [0.05, 0.1) is 0 Å². The van der Waals surface area contributed by atoms with E-state index in [0.29, 0.717) is 18.8 Å². The molecular formula is C30H45NO3. The van der Waals surface area contributed by atoms with Gasteiger partial charge >= 0.3 is 5.97 Å². The molecule has 2 aromatic rings. The molecule has 0 amide bonds. The van der Waals surface area contributed by atoms with Gasteiger partial charge in [0, 0.05) is 12.8 Å². The third-order valence-electron chi connectivity index (χ3n) is 7.21. The Balaban J connectivity index is 1.54. The van der Waals surface area contributed by atoms with Gasteiger partial charge < -0.3 is 9.47 Å². The van der Waals surface area contributed by atoms with Crippen LogP contribution < -0.4 is 10.1 Å². The van der Waals surface area contributed by atoms with Gasteiger partial charge in [0.2, 0.25) is 0 Å². The quantitative estimate of drug-likeness (QED) is 0.165. The molecule has 2 aromatic carbocycles. The summed E-state index contributed by atoms with van der Waals surface area (Å²) in [5.74, 6) is 1.30. The number of unbranched alkanes of at least 4 members (excludes halogenated alkanes) is 6. The Kier molecular flexibility index (Phi) is 11.7. The molecule has 0 aliphatic heterocycles. The number of rotatable bonds is 15. The van der Waals surface area contributed by atoms with E-state index in [4.69, 9.17) is 9.47 Å². The monoisotopic (exact) mass is 467 g/mol. The van der Waals surface area contributed by atoms with E-state index in [0.717, 1.165) is 18.6 Å². The Labute approximate surface area is 206 Å². The van der Waals surface area contributed by atoms with Crippen LogP contribution in [0.4, 0.5) is 0 Å². The molecule has 1 saturated carbocycles. The number of carbonyl (C=O) groups is 1. The molecule has 3 rings (SSSR count). The average molecular weight is 468 g/mol. The summed E-state index contributed by atoms with van der Waals surface area (Å²) in [6.07, 6.45) is 15.5. The van der Waals surface area contributed by atoms with Crippen LogP contribution in [0.2, 0.25) is 0 Å². The van der Waals surface area contributed by atoms with Crippen molar-refractivity contribution in [1.82, 2.24) is 5.32 Å². The van der Waals surface area contributed by atoms with Crippen molar-refractivity contribution in [1.29, 1.82) is 0 Å². The number of fused-ring (bicyclic) bond motifs is 1. The first-order chi connectivity index (χ1) is 16.7. The molecule has 0 radical (unpaired) electrons. The van der Waals surface area contributed by atoms with Crippen LogP contribution in [-0.4, -0.2) is 25.3 Å². The summed E-state index contributed by atoms with van der Waals surface area (Å²) < 4.78 is 12.4. The number of ether oxygens (including phenoxy) is 2. The first-order valence-electron chi connectivity index (χ1n) is 13.7. The standard InChI is InChI=1S/C30H45NO3/c1-3-4-5-6-7-8-12-19-30(32)34-29(31-2)23-28(25-16-10-9-11-17-25)33-27-21-20-24-15-13-14-18-26(24)22-27/h13-15,18,20-22,25,28-29,31H,3-12,16-17,19,23H2,1-2H3. The van der Waals surface area contributed by atoms with Gasteiger partial charge in [-0.3, -0.25) is 10.1 Å². The van der Waals surface area contributed by atoms with Crippen molar-refractivity contribution in [2.75, 3.05) is 7.05 Å². The minimum atomic E-state index is -0.315. The lowest BCUT2D eigenvalue weighted by atomic mass is 9.83. The molecule has 1 aliphatic rings. The van der Waals surface area contributed by atoms with E-state index in [1.807, 2.05) is 7.05 Å². The molecule has 0 heterocycles. The van der Waals surface area contributed by atoms with Crippen molar-refractivity contribution < 1.29 is 14.3 Å². The Bertz CT molecular complexity index is 846. The maximum absolute atomic E-state index is 12.5. The van der Waals surface area contributed by atoms with Crippen molar-refractivity contribution >= 4 is 16.7 Å². The third kappa shape index (κ3) is 8.94. The second-order valence-electron chi connectivity index (χ2n) is 9.94. The summed E-state index contributed by atoms with van der Waals surface area (Å²) in [5, 5.41) is 5.63. The summed E-state index contributed by atoms with van der Waals surface area (Å²) in [4.78, 5) is 12.5. The van der Waals surface area contributed by atoms with Crippen molar-refractivity contribution in [3.05, 3.63) is 42.5 Å².